The predicted molar refractivity (Wildman–Crippen MR) is 24.0 cm³/mol. The van der Waals surface area contributed by atoms with Gasteiger partial charge in [-0.3, -0.25) is 0 Å². The smallest absolute Gasteiger partial charge is 0.677 e. The summed E-state index contributed by atoms with van der Waals surface area (Å²) < 4.78 is 0. The van der Waals surface area contributed by atoms with Crippen molar-refractivity contribution in [1.82, 2.24) is 0 Å². The Balaban J connectivity index is 0. The van der Waals surface area contributed by atoms with Crippen LogP contribution in [-0.4, -0.2) is 6.54 Å². The monoisotopic (exact) mass is 162 g/mol. The van der Waals surface area contributed by atoms with E-state index in [2.05, 4.69) is 0 Å². The molecule has 32 valence electrons. The van der Waals surface area contributed by atoms with Gasteiger partial charge in [0.25, 0.3) is 0 Å². The summed E-state index contributed by atoms with van der Waals surface area (Å²) in [6.45, 7) is 4.62. The molecule has 6 heavy (non-hydrogen) atoms. The van der Waals surface area contributed by atoms with E-state index in [0.717, 1.165) is 0 Å². The summed E-state index contributed by atoms with van der Waals surface area (Å²) >= 11 is 0. The first-order valence-corrected chi connectivity index (χ1v) is 1.92. The first-order chi connectivity index (χ1) is 2.27. The van der Waals surface area contributed by atoms with Crippen LogP contribution < -0.4 is 0 Å². The van der Waals surface area contributed by atoms with Crippen molar-refractivity contribution in [3.8, 4) is 0 Å². The van der Waals surface area contributed by atoms with E-state index in [1.165, 1.54) is 0 Å². The first kappa shape index (κ1) is 9.96. The Labute approximate surface area is 58.4 Å². The minimum atomic E-state index is 0. The third-order valence-corrected chi connectivity index (χ3v) is 0.408. The molecule has 1 nitrogen and oxygen atoms in total. The van der Waals surface area contributed by atoms with Crippen molar-refractivity contribution in [2.75, 3.05) is 6.54 Å². The molecule has 0 aromatic rings. The summed E-state index contributed by atoms with van der Waals surface area (Å²) in [5, 5.41) is 0. The number of hydrogen-bond acceptors (Lipinski definition) is 0. The normalized spacial score (nSPS) is 8.00. The third-order valence-electron chi connectivity index (χ3n) is 0.408. The zero-order valence-electron chi connectivity index (χ0n) is 4.28. The molecule has 0 aromatic carbocycles. The molecule has 0 saturated carbocycles. The van der Waals surface area contributed by atoms with E-state index in [-0.39, 0.29) is 26.2 Å². The summed E-state index contributed by atoms with van der Waals surface area (Å²) in [6.07, 6.45) is 0. The van der Waals surface area contributed by atoms with Crippen molar-refractivity contribution in [1.29, 1.82) is 0 Å². The Morgan fingerprint density at radius 3 is 1.67 bits per heavy atom. The third kappa shape index (κ3) is 8.85. The quantitative estimate of drug-likeness (QED) is 0.562. The molecule has 0 radical (unpaired) electrons. The van der Waals surface area contributed by atoms with Gasteiger partial charge in [-0.05, 0) is 0 Å². The summed E-state index contributed by atoms with van der Waals surface area (Å²) in [5.41, 5.74) is 6.66. The van der Waals surface area contributed by atoms with Crippen molar-refractivity contribution < 1.29 is 26.2 Å². The number of hydrogen-bond donors (Lipinski definition) is 0. The van der Waals surface area contributed by atoms with E-state index in [9.17, 15) is 0 Å². The summed E-state index contributed by atoms with van der Waals surface area (Å²) in [7, 11) is 0. The minimum Gasteiger partial charge on any atom is -0.677 e. The molecular weight excluding hydrogens is 153 g/mol. The molecule has 0 atom stereocenters. The standard InChI is InChI=1S/C4H10N.Zr/c1-4(2)3-5;/h4-5H,3H2,1-2H3;/q-1;+4. The van der Waals surface area contributed by atoms with E-state index in [4.69, 9.17) is 5.73 Å². The van der Waals surface area contributed by atoms with Crippen molar-refractivity contribution in [2.45, 2.75) is 13.8 Å². The van der Waals surface area contributed by atoms with Crippen molar-refractivity contribution in [2.24, 2.45) is 5.92 Å². The van der Waals surface area contributed by atoms with Gasteiger partial charge in [-0.15, -0.1) is 6.54 Å². The van der Waals surface area contributed by atoms with Gasteiger partial charge >= 0.3 is 26.2 Å². The Morgan fingerprint density at radius 1 is 1.50 bits per heavy atom. The van der Waals surface area contributed by atoms with E-state index in [0.29, 0.717) is 12.5 Å². The van der Waals surface area contributed by atoms with Gasteiger partial charge in [-0.1, -0.05) is 19.8 Å². The maximum absolute atomic E-state index is 6.66. The molecule has 0 bridgehead atoms. The molecule has 0 unspecified atom stereocenters. The molecule has 0 fully saturated rings. The van der Waals surface area contributed by atoms with Gasteiger partial charge in [0.2, 0.25) is 0 Å². The molecule has 2 heteroatoms. The zero-order chi connectivity index (χ0) is 4.28. The Kier molecular flexibility index (Phi) is 9.70. The molecule has 0 aliphatic rings. The van der Waals surface area contributed by atoms with Crippen LogP contribution in [0.1, 0.15) is 13.8 Å². The number of nitrogens with one attached hydrogen (secondary N) is 1. The van der Waals surface area contributed by atoms with Crippen LogP contribution in [-0.2, 0) is 26.2 Å². The van der Waals surface area contributed by atoms with Crippen LogP contribution in [0, 0.1) is 5.92 Å². The van der Waals surface area contributed by atoms with Gasteiger partial charge in [-0.2, -0.15) is 0 Å². The molecule has 0 aliphatic heterocycles. The predicted octanol–water partition coefficient (Wildman–Crippen LogP) is 1.69. The second-order valence-electron chi connectivity index (χ2n) is 1.60. The zero-order valence-corrected chi connectivity index (χ0v) is 6.74. The van der Waals surface area contributed by atoms with Crippen LogP contribution in [0.5, 0.6) is 0 Å². The van der Waals surface area contributed by atoms with Crippen LogP contribution in [0.4, 0.5) is 0 Å². The fraction of sp³-hybridized carbons (Fsp3) is 1.00. The molecule has 1 N–H and O–H groups in total. The second-order valence-corrected chi connectivity index (χ2v) is 1.60. The van der Waals surface area contributed by atoms with Gasteiger partial charge < -0.3 is 5.73 Å². The van der Waals surface area contributed by atoms with E-state index in [1.54, 1.807) is 0 Å². The molecule has 0 saturated heterocycles. The van der Waals surface area contributed by atoms with Crippen LogP contribution in [0.15, 0.2) is 0 Å². The average molecular weight is 163 g/mol. The topological polar surface area (TPSA) is 23.8 Å². The van der Waals surface area contributed by atoms with E-state index >= 15 is 0 Å². The second kappa shape index (κ2) is 5.84. The van der Waals surface area contributed by atoms with Gasteiger partial charge in [0.15, 0.2) is 0 Å². The molecule has 0 spiro atoms. The largest absolute Gasteiger partial charge is 4.00 e. The van der Waals surface area contributed by atoms with Crippen molar-refractivity contribution in [3.63, 3.8) is 0 Å². The number of rotatable bonds is 1. The van der Waals surface area contributed by atoms with Gasteiger partial charge in [0.05, 0.1) is 0 Å². The van der Waals surface area contributed by atoms with Crippen LogP contribution >= 0.6 is 0 Å². The average Bonchev–Trinajstić information content (AvgIpc) is 1.38. The molecule has 0 aromatic heterocycles. The molecule has 0 rings (SSSR count). The Bertz CT molecular complexity index is 21.5. The van der Waals surface area contributed by atoms with Crippen molar-refractivity contribution in [3.05, 3.63) is 5.73 Å². The molecule has 0 aliphatic carbocycles. The van der Waals surface area contributed by atoms with Gasteiger partial charge in [0.1, 0.15) is 0 Å². The Morgan fingerprint density at radius 2 is 1.67 bits per heavy atom. The SMILES string of the molecule is CC(C)C[NH-].[Zr+4]. The van der Waals surface area contributed by atoms with E-state index < -0.39 is 0 Å². The van der Waals surface area contributed by atoms with Gasteiger partial charge in [-0.25, -0.2) is 0 Å². The maximum atomic E-state index is 6.66. The van der Waals surface area contributed by atoms with E-state index in [1.807, 2.05) is 13.8 Å². The minimum absolute atomic E-state index is 0. The summed E-state index contributed by atoms with van der Waals surface area (Å²) in [5.74, 6) is 0.551. The van der Waals surface area contributed by atoms with Crippen LogP contribution in [0.2, 0.25) is 0 Å². The molecule has 0 heterocycles. The van der Waals surface area contributed by atoms with Crippen molar-refractivity contribution >= 4 is 0 Å². The molecular formula is C4H10NZr+3. The molecule has 0 amide bonds. The Hall–Kier alpha value is 0.843. The summed E-state index contributed by atoms with van der Waals surface area (Å²) in [6, 6.07) is 0. The first-order valence-electron chi connectivity index (χ1n) is 1.92. The van der Waals surface area contributed by atoms with Crippen LogP contribution in [0.25, 0.3) is 5.73 Å². The fourth-order valence-electron chi connectivity index (χ4n) is 0. The maximum Gasteiger partial charge on any atom is 4.00 e. The van der Waals surface area contributed by atoms with Gasteiger partial charge in [0, 0.05) is 0 Å². The fourth-order valence-corrected chi connectivity index (χ4v) is 0. The van der Waals surface area contributed by atoms with Crippen LogP contribution in [0.3, 0.4) is 0 Å². The summed E-state index contributed by atoms with van der Waals surface area (Å²) in [4.78, 5) is 0.